The first kappa shape index (κ1) is 25.7. The number of rotatable bonds is 7. The highest BCUT2D eigenvalue weighted by Gasteiger charge is 2.39. The number of hydrogen-bond donors (Lipinski definition) is 1. The van der Waals surface area contributed by atoms with Gasteiger partial charge in [-0.1, -0.05) is 48.0 Å². The van der Waals surface area contributed by atoms with Gasteiger partial charge in [-0.2, -0.15) is 13.2 Å². The number of hydrogen-bond acceptors (Lipinski definition) is 2. The fourth-order valence-corrected chi connectivity index (χ4v) is 4.14. The van der Waals surface area contributed by atoms with E-state index in [9.17, 15) is 26.3 Å². The first-order chi connectivity index (χ1) is 17.1. The minimum Gasteiger partial charge on any atom is -0.298 e. The SMILES string of the molecule is Fc1cc(C(F)(F)F)cc(C(Cc2ccccc2)(NCc2ccc(F)c(F)c2)c2ccc(Cl)cn2)c1. The van der Waals surface area contributed by atoms with E-state index in [1.807, 2.05) is 0 Å². The van der Waals surface area contributed by atoms with Gasteiger partial charge in [0.2, 0.25) is 0 Å². The number of benzene rings is 3. The molecule has 0 bridgehead atoms. The minimum atomic E-state index is -4.80. The van der Waals surface area contributed by atoms with Crippen molar-refractivity contribution in [3.05, 3.63) is 135 Å². The molecule has 186 valence electrons. The van der Waals surface area contributed by atoms with Gasteiger partial charge in [0.25, 0.3) is 0 Å². The number of alkyl halides is 3. The zero-order chi connectivity index (χ0) is 25.9. The van der Waals surface area contributed by atoms with E-state index in [0.717, 1.165) is 24.3 Å². The van der Waals surface area contributed by atoms with Gasteiger partial charge in [0.15, 0.2) is 11.6 Å². The second kappa shape index (κ2) is 10.3. The van der Waals surface area contributed by atoms with Crippen LogP contribution in [0.4, 0.5) is 26.3 Å². The van der Waals surface area contributed by atoms with Crippen LogP contribution < -0.4 is 5.32 Å². The second-order valence-corrected chi connectivity index (χ2v) is 8.69. The van der Waals surface area contributed by atoms with E-state index in [0.29, 0.717) is 22.2 Å². The van der Waals surface area contributed by atoms with Gasteiger partial charge >= 0.3 is 6.18 Å². The fraction of sp³-hybridized carbons (Fsp3) is 0.148. The van der Waals surface area contributed by atoms with E-state index < -0.39 is 34.7 Å². The molecule has 4 aromatic rings. The predicted molar refractivity (Wildman–Crippen MR) is 125 cm³/mol. The Labute approximate surface area is 208 Å². The third-order valence-electron chi connectivity index (χ3n) is 5.77. The smallest absolute Gasteiger partial charge is 0.298 e. The Morgan fingerprint density at radius 3 is 2.11 bits per heavy atom. The van der Waals surface area contributed by atoms with Gasteiger partial charge in [0.05, 0.1) is 21.8 Å². The molecule has 4 rings (SSSR count). The molecule has 0 amide bonds. The quantitative estimate of drug-likeness (QED) is 0.256. The van der Waals surface area contributed by atoms with Gasteiger partial charge in [-0.05, 0) is 59.2 Å². The van der Waals surface area contributed by atoms with Crippen molar-refractivity contribution in [1.29, 1.82) is 0 Å². The Balaban J connectivity index is 1.92. The molecule has 9 heteroatoms. The molecule has 1 aromatic heterocycles. The van der Waals surface area contributed by atoms with E-state index in [-0.39, 0.29) is 24.2 Å². The maximum atomic E-state index is 14.6. The van der Waals surface area contributed by atoms with E-state index in [4.69, 9.17) is 11.6 Å². The van der Waals surface area contributed by atoms with Crippen LogP contribution in [-0.4, -0.2) is 4.98 Å². The molecule has 0 aliphatic heterocycles. The summed E-state index contributed by atoms with van der Waals surface area (Å²) in [5, 5.41) is 3.47. The lowest BCUT2D eigenvalue weighted by atomic mass is 9.79. The van der Waals surface area contributed by atoms with Crippen molar-refractivity contribution in [3.63, 3.8) is 0 Å². The van der Waals surface area contributed by atoms with Crippen molar-refractivity contribution < 1.29 is 26.3 Å². The van der Waals surface area contributed by atoms with Crippen LogP contribution in [0.5, 0.6) is 0 Å². The number of nitrogens with zero attached hydrogens (tertiary/aromatic N) is 1. The lowest BCUT2D eigenvalue weighted by Crippen LogP contribution is -2.46. The average molecular weight is 521 g/mol. The summed E-state index contributed by atoms with van der Waals surface area (Å²) in [6, 6.07) is 17.5. The molecule has 1 unspecified atom stereocenters. The normalized spacial score (nSPS) is 13.4. The average Bonchev–Trinajstić information content (AvgIpc) is 2.84. The zero-order valence-corrected chi connectivity index (χ0v) is 19.3. The van der Waals surface area contributed by atoms with Crippen molar-refractivity contribution in [2.45, 2.75) is 24.7 Å². The number of halogens is 7. The second-order valence-electron chi connectivity index (χ2n) is 8.26. The van der Waals surface area contributed by atoms with Crippen molar-refractivity contribution in [3.8, 4) is 0 Å². The van der Waals surface area contributed by atoms with E-state index >= 15 is 0 Å². The van der Waals surface area contributed by atoms with Gasteiger partial charge in [-0.25, -0.2) is 13.2 Å². The molecule has 0 fully saturated rings. The summed E-state index contributed by atoms with van der Waals surface area (Å²) in [7, 11) is 0. The predicted octanol–water partition coefficient (Wildman–Crippen LogP) is 7.45. The molecular weight excluding hydrogens is 502 g/mol. The molecule has 1 N–H and O–H groups in total. The summed E-state index contributed by atoms with van der Waals surface area (Å²) in [4.78, 5) is 4.36. The molecule has 0 spiro atoms. The van der Waals surface area contributed by atoms with Crippen LogP contribution in [0.1, 0.15) is 27.9 Å². The lowest BCUT2D eigenvalue weighted by Gasteiger charge is -2.36. The summed E-state index contributed by atoms with van der Waals surface area (Å²) in [6.45, 7) is -0.0911. The van der Waals surface area contributed by atoms with Gasteiger partial charge in [0, 0.05) is 19.2 Å². The van der Waals surface area contributed by atoms with Crippen LogP contribution in [-0.2, 0) is 24.7 Å². The summed E-state index contributed by atoms with van der Waals surface area (Å²) in [5.74, 6) is -3.19. The zero-order valence-electron chi connectivity index (χ0n) is 18.6. The highest BCUT2D eigenvalue weighted by molar-refractivity contribution is 6.30. The van der Waals surface area contributed by atoms with Crippen LogP contribution >= 0.6 is 11.6 Å². The molecule has 0 saturated heterocycles. The molecule has 3 aromatic carbocycles. The molecule has 1 atom stereocenters. The summed E-state index contributed by atoms with van der Waals surface area (Å²) in [6.07, 6.45) is -3.41. The first-order valence-corrected chi connectivity index (χ1v) is 11.2. The van der Waals surface area contributed by atoms with Crippen molar-refractivity contribution in [2.24, 2.45) is 0 Å². The molecule has 0 saturated carbocycles. The largest absolute Gasteiger partial charge is 0.416 e. The number of aromatic nitrogens is 1. The summed E-state index contributed by atoms with van der Waals surface area (Å²) < 4.78 is 82.9. The number of nitrogens with one attached hydrogen (secondary N) is 1. The minimum absolute atomic E-state index is 0.0453. The molecule has 0 aliphatic carbocycles. The molecule has 36 heavy (non-hydrogen) atoms. The van der Waals surface area contributed by atoms with E-state index in [2.05, 4.69) is 10.3 Å². The Hall–Kier alpha value is -3.36. The molecule has 0 radical (unpaired) electrons. The van der Waals surface area contributed by atoms with Crippen molar-refractivity contribution in [2.75, 3.05) is 0 Å². The molecule has 2 nitrogen and oxygen atoms in total. The van der Waals surface area contributed by atoms with Gasteiger partial charge < -0.3 is 0 Å². The Morgan fingerprint density at radius 2 is 1.47 bits per heavy atom. The topological polar surface area (TPSA) is 24.9 Å². The lowest BCUT2D eigenvalue weighted by molar-refractivity contribution is -0.137. The molecular formula is C27H19ClF6N2. The third-order valence-corrected chi connectivity index (χ3v) is 6.00. The van der Waals surface area contributed by atoms with Crippen LogP contribution in [0.15, 0.2) is 85.1 Å². The van der Waals surface area contributed by atoms with Crippen molar-refractivity contribution >= 4 is 11.6 Å². The monoisotopic (exact) mass is 520 g/mol. The van der Waals surface area contributed by atoms with E-state index in [1.165, 1.54) is 24.4 Å². The molecule has 0 aliphatic rings. The van der Waals surface area contributed by atoms with Gasteiger partial charge in [-0.3, -0.25) is 10.3 Å². The van der Waals surface area contributed by atoms with Crippen LogP contribution in [0.25, 0.3) is 0 Å². The Morgan fingerprint density at radius 1 is 0.750 bits per heavy atom. The summed E-state index contributed by atoms with van der Waals surface area (Å²) in [5.41, 5.74) is -1.41. The fourth-order valence-electron chi connectivity index (χ4n) is 4.03. The maximum Gasteiger partial charge on any atom is 0.416 e. The van der Waals surface area contributed by atoms with Crippen LogP contribution in [0.2, 0.25) is 5.02 Å². The highest BCUT2D eigenvalue weighted by atomic mass is 35.5. The van der Waals surface area contributed by atoms with Crippen LogP contribution in [0.3, 0.4) is 0 Å². The Bertz CT molecular complexity index is 1340. The standard InChI is InChI=1S/C27H19ClF6N2/c28-21-7-9-25(35-16-21)26(14-17-4-2-1-3-5-17,36-15-18-6-8-23(30)24(31)10-18)19-11-20(27(32,33)34)13-22(29)12-19/h1-13,16,36H,14-15H2. The summed E-state index contributed by atoms with van der Waals surface area (Å²) >= 11 is 6.01. The van der Waals surface area contributed by atoms with E-state index in [1.54, 1.807) is 30.3 Å². The Kier molecular flexibility index (Phi) is 7.38. The van der Waals surface area contributed by atoms with Gasteiger partial charge in [-0.15, -0.1) is 0 Å². The molecule has 1 heterocycles. The van der Waals surface area contributed by atoms with Crippen molar-refractivity contribution in [1.82, 2.24) is 10.3 Å². The van der Waals surface area contributed by atoms with Gasteiger partial charge in [0.1, 0.15) is 5.82 Å². The van der Waals surface area contributed by atoms with Crippen LogP contribution in [0, 0.1) is 17.5 Å². The first-order valence-electron chi connectivity index (χ1n) is 10.8. The third kappa shape index (κ3) is 5.71. The maximum absolute atomic E-state index is 14.6. The highest BCUT2D eigenvalue weighted by Crippen LogP contribution is 2.38. The number of pyridine rings is 1.